The Morgan fingerprint density at radius 2 is 1.62 bits per heavy atom. The largest absolute Gasteiger partial charge is 0.356 e. The van der Waals surface area contributed by atoms with Crippen molar-refractivity contribution in [2.45, 2.75) is 114 Å². The molecule has 7 atom stereocenters. The van der Waals surface area contributed by atoms with Crippen molar-refractivity contribution < 1.29 is 14.4 Å². The summed E-state index contributed by atoms with van der Waals surface area (Å²) in [7, 11) is 0. The maximum absolute atomic E-state index is 14.7. The van der Waals surface area contributed by atoms with Gasteiger partial charge in [-0.3, -0.25) is 14.4 Å². The van der Waals surface area contributed by atoms with Crippen LogP contribution in [0.25, 0.3) is 0 Å². The molecule has 1 amide bonds. The molecule has 5 nitrogen and oxygen atoms in total. The van der Waals surface area contributed by atoms with Gasteiger partial charge < -0.3 is 5.32 Å². The van der Waals surface area contributed by atoms with E-state index in [9.17, 15) is 19.6 Å². The second-order valence-electron chi connectivity index (χ2n) is 16.4. The third-order valence-electron chi connectivity index (χ3n) is 13.6. The molecule has 0 aromatic carbocycles. The van der Waals surface area contributed by atoms with Gasteiger partial charge in [-0.15, -0.1) is 0 Å². The molecule has 5 rings (SSSR count). The molecule has 0 bridgehead atoms. The van der Waals surface area contributed by atoms with E-state index >= 15 is 0 Å². The molecular weight excluding hydrogens is 496 g/mol. The predicted octanol–water partition coefficient (Wildman–Crippen LogP) is 7.12. The average molecular weight is 547 g/mol. The van der Waals surface area contributed by atoms with Crippen LogP contribution in [-0.2, 0) is 14.4 Å². The molecule has 0 radical (unpaired) electrons. The minimum atomic E-state index is -0.657. The van der Waals surface area contributed by atoms with Crippen molar-refractivity contribution >= 4 is 17.5 Å². The van der Waals surface area contributed by atoms with E-state index in [1.54, 1.807) is 0 Å². The van der Waals surface area contributed by atoms with Crippen LogP contribution in [0.3, 0.4) is 0 Å². The predicted molar refractivity (Wildman–Crippen MR) is 157 cm³/mol. The second kappa shape index (κ2) is 8.65. The molecule has 218 valence electrons. The Bertz CT molecular complexity index is 1280. The highest BCUT2D eigenvalue weighted by Crippen LogP contribution is 2.77. The summed E-state index contributed by atoms with van der Waals surface area (Å²) in [6.07, 6.45) is 11.2. The third kappa shape index (κ3) is 3.53. The van der Waals surface area contributed by atoms with Gasteiger partial charge in [0.2, 0.25) is 5.91 Å². The van der Waals surface area contributed by atoms with Gasteiger partial charge in [0, 0.05) is 29.7 Å². The summed E-state index contributed by atoms with van der Waals surface area (Å²) in [4.78, 5) is 40.5. The molecule has 40 heavy (non-hydrogen) atoms. The van der Waals surface area contributed by atoms with Crippen LogP contribution >= 0.6 is 0 Å². The normalized spacial score (nSPS) is 45.0. The number of nitriles is 1. The summed E-state index contributed by atoms with van der Waals surface area (Å²) >= 11 is 0. The van der Waals surface area contributed by atoms with E-state index in [-0.39, 0.29) is 62.0 Å². The number of carbonyl (C=O) groups excluding carboxylic acids is 3. The highest BCUT2D eigenvalue weighted by atomic mass is 16.1. The quantitative estimate of drug-likeness (QED) is 0.408. The first kappa shape index (κ1) is 29.3. The Kier molecular flexibility index (Phi) is 6.33. The zero-order valence-electron chi connectivity index (χ0n) is 26.3. The molecule has 0 aliphatic heterocycles. The van der Waals surface area contributed by atoms with Crippen LogP contribution in [-0.4, -0.2) is 24.0 Å². The van der Waals surface area contributed by atoms with Crippen molar-refractivity contribution in [1.29, 1.82) is 5.26 Å². The first-order valence-electron chi connectivity index (χ1n) is 15.6. The van der Waals surface area contributed by atoms with E-state index in [1.165, 1.54) is 0 Å². The number of carbonyl (C=O) groups is 3. The van der Waals surface area contributed by atoms with Crippen molar-refractivity contribution in [3.05, 3.63) is 23.3 Å². The Balaban J connectivity index is 1.69. The summed E-state index contributed by atoms with van der Waals surface area (Å²) in [5, 5.41) is 13.2. The maximum Gasteiger partial charge on any atom is 0.219 e. The number of nitrogens with zero attached hydrogens (tertiary/aromatic N) is 1. The summed E-state index contributed by atoms with van der Waals surface area (Å²) < 4.78 is 0. The molecule has 5 aliphatic rings. The van der Waals surface area contributed by atoms with E-state index in [4.69, 9.17) is 0 Å². The number of rotatable bonds is 3. The molecule has 3 saturated carbocycles. The number of fused-ring (bicyclic) bond motifs is 7. The van der Waals surface area contributed by atoms with Gasteiger partial charge >= 0.3 is 0 Å². The van der Waals surface area contributed by atoms with Gasteiger partial charge in [-0.05, 0) is 84.0 Å². The first-order chi connectivity index (χ1) is 18.4. The highest BCUT2D eigenvalue weighted by Gasteiger charge is 2.72. The van der Waals surface area contributed by atoms with Crippen molar-refractivity contribution in [3.63, 3.8) is 0 Å². The van der Waals surface area contributed by atoms with E-state index in [2.05, 4.69) is 52.9 Å². The Hall–Kier alpha value is -2.22. The number of hydrogen-bond donors (Lipinski definition) is 1. The molecule has 0 saturated heterocycles. The lowest BCUT2D eigenvalue weighted by atomic mass is 9.31. The number of hydrogen-bond acceptors (Lipinski definition) is 4. The number of allylic oxidation sites excluding steroid dienone is 4. The van der Waals surface area contributed by atoms with Gasteiger partial charge in [0.05, 0.1) is 5.57 Å². The van der Waals surface area contributed by atoms with Crippen LogP contribution in [0, 0.1) is 61.1 Å². The number of Topliss-reactive ketones (excluding diaryl/α,β-unsaturated/α-hetero) is 1. The van der Waals surface area contributed by atoms with Gasteiger partial charge in [-0.2, -0.15) is 5.26 Å². The van der Waals surface area contributed by atoms with Crippen LogP contribution in [0.5, 0.6) is 0 Å². The van der Waals surface area contributed by atoms with Crippen molar-refractivity contribution in [1.82, 2.24) is 5.32 Å². The smallest absolute Gasteiger partial charge is 0.219 e. The van der Waals surface area contributed by atoms with E-state index in [0.717, 1.165) is 50.5 Å². The Labute approximate surface area is 241 Å². The fourth-order valence-electron chi connectivity index (χ4n) is 11.3. The van der Waals surface area contributed by atoms with E-state index in [1.807, 2.05) is 32.9 Å². The van der Waals surface area contributed by atoms with Crippen LogP contribution in [0.2, 0.25) is 0 Å². The van der Waals surface area contributed by atoms with Gasteiger partial charge in [0.15, 0.2) is 11.6 Å². The molecule has 5 aliphatic carbocycles. The summed E-state index contributed by atoms with van der Waals surface area (Å²) in [6, 6.07) is 2.20. The lowest BCUT2D eigenvalue weighted by Crippen LogP contribution is -2.69. The van der Waals surface area contributed by atoms with E-state index in [0.29, 0.717) is 13.0 Å². The molecule has 1 N–H and O–H groups in total. The Morgan fingerprint density at radius 3 is 2.25 bits per heavy atom. The standard InChI is InChI=1S/C35H50N2O3/c1-10-26(39)37-21-35-15-13-29(2,3)20-34(35,9)27-23(38)17-25-31(6)18-22(19-36)28(40)30(4,5)24(31)11-12-32(25,7)33(27,8)14-16-35/h17-18,24,27H,10-16,20-21H2,1-9H3,(H,37,39)/t24?,27-,31-,32+,33+,34-,35+/m0/s1. The van der Waals surface area contributed by atoms with Crippen LogP contribution in [0.1, 0.15) is 114 Å². The van der Waals surface area contributed by atoms with Gasteiger partial charge in [0.1, 0.15) is 6.07 Å². The molecular formula is C35H50N2O3. The number of nitrogens with one attached hydrogen (secondary N) is 1. The van der Waals surface area contributed by atoms with Crippen molar-refractivity contribution in [2.75, 3.05) is 6.54 Å². The fourth-order valence-corrected chi connectivity index (χ4v) is 11.3. The minimum absolute atomic E-state index is 0.0491. The van der Waals surface area contributed by atoms with Crippen LogP contribution in [0.15, 0.2) is 23.3 Å². The molecule has 0 spiro atoms. The van der Waals surface area contributed by atoms with Crippen LogP contribution in [0.4, 0.5) is 0 Å². The topological polar surface area (TPSA) is 87.0 Å². The number of ketones is 2. The maximum atomic E-state index is 14.7. The van der Waals surface area contributed by atoms with Crippen molar-refractivity contribution in [2.24, 2.45) is 49.7 Å². The van der Waals surface area contributed by atoms with Gasteiger partial charge in [0.25, 0.3) is 0 Å². The lowest BCUT2D eigenvalue weighted by Gasteiger charge is -2.72. The number of amides is 1. The molecule has 0 aromatic heterocycles. The minimum Gasteiger partial charge on any atom is -0.356 e. The molecule has 5 heteroatoms. The Morgan fingerprint density at radius 1 is 0.975 bits per heavy atom. The fraction of sp³-hybridized carbons (Fsp3) is 0.771. The molecule has 0 aromatic rings. The second-order valence-corrected chi connectivity index (χ2v) is 16.4. The molecule has 0 heterocycles. The third-order valence-corrected chi connectivity index (χ3v) is 13.6. The SMILES string of the molecule is CCC(=O)NC[C@]12CCC(C)(C)C[C@@]1(C)[C@H]1C(=O)C=C3[C@@]4(C)C=C(C#N)C(=O)C(C)(C)C4CC[C@@]3(C)[C@]1(C)CC2. The van der Waals surface area contributed by atoms with Gasteiger partial charge in [-0.25, -0.2) is 0 Å². The van der Waals surface area contributed by atoms with Crippen LogP contribution < -0.4 is 5.32 Å². The van der Waals surface area contributed by atoms with Gasteiger partial charge in [-0.1, -0.05) is 74.0 Å². The summed E-state index contributed by atoms with van der Waals surface area (Å²) in [5.41, 5.74) is -0.518. The lowest BCUT2D eigenvalue weighted by molar-refractivity contribution is -0.205. The molecule has 3 fully saturated rings. The zero-order valence-corrected chi connectivity index (χ0v) is 26.3. The summed E-state index contributed by atoms with van der Waals surface area (Å²) in [5.74, 6) is 0.136. The highest BCUT2D eigenvalue weighted by molar-refractivity contribution is 6.04. The van der Waals surface area contributed by atoms with Crippen molar-refractivity contribution in [3.8, 4) is 6.07 Å². The molecule has 1 unspecified atom stereocenters. The summed E-state index contributed by atoms with van der Waals surface area (Å²) in [6.45, 7) is 20.5. The zero-order chi connectivity index (χ0) is 29.7. The first-order valence-corrected chi connectivity index (χ1v) is 15.6. The van der Waals surface area contributed by atoms with E-state index < -0.39 is 10.8 Å². The monoisotopic (exact) mass is 546 g/mol. The average Bonchev–Trinajstić information content (AvgIpc) is 2.86.